The van der Waals surface area contributed by atoms with Gasteiger partial charge in [-0.25, -0.2) is 4.79 Å². The molecule has 3 rings (SSSR count). The zero-order chi connectivity index (χ0) is 28.0. The number of piperazine rings is 1. The summed E-state index contributed by atoms with van der Waals surface area (Å²) in [6, 6.07) is 10.2. The van der Waals surface area contributed by atoms with Gasteiger partial charge in [0.05, 0.1) is 5.56 Å². The Labute approximate surface area is 225 Å². The molecule has 1 saturated heterocycles. The van der Waals surface area contributed by atoms with Crippen molar-refractivity contribution in [2.75, 3.05) is 38.0 Å². The van der Waals surface area contributed by atoms with Gasteiger partial charge in [0, 0.05) is 61.5 Å². The predicted octanol–water partition coefficient (Wildman–Crippen LogP) is 5.61. The van der Waals surface area contributed by atoms with Crippen molar-refractivity contribution in [2.45, 2.75) is 39.4 Å². The van der Waals surface area contributed by atoms with Crippen molar-refractivity contribution in [3.63, 3.8) is 0 Å². The Kier molecular flexibility index (Phi) is 9.65. The number of urea groups is 1. The molecule has 0 aromatic heterocycles. The van der Waals surface area contributed by atoms with Crippen LogP contribution in [0.4, 0.5) is 23.7 Å². The number of alkyl halides is 3. The molecule has 38 heavy (non-hydrogen) atoms. The molecule has 7 nitrogen and oxygen atoms in total. The lowest BCUT2D eigenvalue weighted by atomic mass is 10.1. The second-order valence-corrected chi connectivity index (χ2v) is 10.2. The van der Waals surface area contributed by atoms with Crippen LogP contribution in [0.25, 0.3) is 0 Å². The predicted molar refractivity (Wildman–Crippen MR) is 140 cm³/mol. The summed E-state index contributed by atoms with van der Waals surface area (Å²) in [6.07, 6.45) is -4.37. The molecule has 0 saturated carbocycles. The number of nitrogens with zero attached hydrogens (tertiary/aromatic N) is 3. The molecular formula is C27H32ClF3N4O3. The van der Waals surface area contributed by atoms with E-state index in [0.29, 0.717) is 36.8 Å². The number of carbonyl (C=O) groups is 3. The Balaban J connectivity index is 1.55. The normalized spacial score (nSPS) is 15.9. The van der Waals surface area contributed by atoms with Crippen LogP contribution in [-0.2, 0) is 11.0 Å². The summed E-state index contributed by atoms with van der Waals surface area (Å²) in [5.74, 6) is -0.137. The van der Waals surface area contributed by atoms with Crippen molar-refractivity contribution in [1.82, 2.24) is 14.7 Å². The largest absolute Gasteiger partial charge is 0.416 e. The number of carbonyl (C=O) groups excluding carboxylic acids is 3. The topological polar surface area (TPSA) is 73.0 Å². The highest BCUT2D eigenvalue weighted by Gasteiger charge is 2.31. The van der Waals surface area contributed by atoms with Gasteiger partial charge in [-0.2, -0.15) is 13.2 Å². The van der Waals surface area contributed by atoms with Gasteiger partial charge in [-0.15, -0.1) is 0 Å². The molecule has 1 heterocycles. The first-order valence-corrected chi connectivity index (χ1v) is 12.8. The molecule has 11 heteroatoms. The summed E-state index contributed by atoms with van der Waals surface area (Å²) in [7, 11) is 0. The Bertz CT molecular complexity index is 1120. The van der Waals surface area contributed by atoms with Gasteiger partial charge in [0.25, 0.3) is 5.91 Å². The summed E-state index contributed by atoms with van der Waals surface area (Å²) in [6.45, 7) is 7.41. The van der Waals surface area contributed by atoms with Crippen LogP contribution < -0.4 is 5.32 Å². The fourth-order valence-electron chi connectivity index (χ4n) is 4.29. The van der Waals surface area contributed by atoms with Crippen LogP contribution in [0, 0.1) is 5.92 Å². The molecule has 0 bridgehead atoms. The zero-order valence-electron chi connectivity index (χ0n) is 21.6. The molecule has 0 spiro atoms. The Hall–Kier alpha value is -3.27. The quantitative estimate of drug-likeness (QED) is 0.485. The van der Waals surface area contributed by atoms with Crippen molar-refractivity contribution in [3.8, 4) is 0 Å². The van der Waals surface area contributed by atoms with E-state index in [4.69, 9.17) is 11.6 Å². The number of nitrogens with one attached hydrogen (secondary N) is 1. The Morgan fingerprint density at radius 1 is 1.05 bits per heavy atom. The molecule has 206 valence electrons. The highest BCUT2D eigenvalue weighted by molar-refractivity contribution is 6.30. The van der Waals surface area contributed by atoms with Crippen molar-refractivity contribution in [3.05, 3.63) is 64.7 Å². The lowest BCUT2D eigenvalue weighted by Gasteiger charge is -2.40. The Morgan fingerprint density at radius 2 is 1.68 bits per heavy atom. The van der Waals surface area contributed by atoms with E-state index < -0.39 is 17.8 Å². The van der Waals surface area contributed by atoms with Gasteiger partial charge in [-0.05, 0) is 61.4 Å². The molecule has 1 aliphatic heterocycles. The van der Waals surface area contributed by atoms with E-state index in [-0.39, 0.29) is 42.4 Å². The first kappa shape index (κ1) is 29.3. The summed E-state index contributed by atoms with van der Waals surface area (Å²) in [5.41, 5.74) is -0.0351. The first-order valence-electron chi connectivity index (χ1n) is 12.4. The summed E-state index contributed by atoms with van der Waals surface area (Å²) in [5, 5.41) is 3.16. The van der Waals surface area contributed by atoms with E-state index in [1.54, 1.807) is 34.1 Å². The van der Waals surface area contributed by atoms with Gasteiger partial charge in [-0.3, -0.25) is 9.59 Å². The van der Waals surface area contributed by atoms with Gasteiger partial charge in [0.2, 0.25) is 5.91 Å². The van der Waals surface area contributed by atoms with Gasteiger partial charge in [0.1, 0.15) is 0 Å². The molecule has 1 fully saturated rings. The standard InChI is InChI=1S/C27H32ClF3N4O3/c1-18(2)16-34(26(38)32-23-10-6-21(7-11-23)27(29,30)31)13-12-24(36)33-14-15-35(19(3)17-33)25(37)20-4-8-22(28)9-5-20/h4-11,18-19H,12-17H2,1-3H3,(H,32,38). The molecule has 1 unspecified atom stereocenters. The van der Waals surface area contributed by atoms with Crippen molar-refractivity contribution < 1.29 is 27.6 Å². The minimum atomic E-state index is -4.46. The second kappa shape index (κ2) is 12.5. The number of hydrogen-bond donors (Lipinski definition) is 1. The first-order chi connectivity index (χ1) is 17.8. The summed E-state index contributed by atoms with van der Waals surface area (Å²) >= 11 is 5.91. The van der Waals surface area contributed by atoms with Crippen molar-refractivity contribution in [1.29, 1.82) is 0 Å². The smallest absolute Gasteiger partial charge is 0.339 e. The zero-order valence-corrected chi connectivity index (χ0v) is 22.4. The molecule has 0 radical (unpaired) electrons. The van der Waals surface area contributed by atoms with Crippen LogP contribution in [0.15, 0.2) is 48.5 Å². The lowest BCUT2D eigenvalue weighted by molar-refractivity contribution is -0.137. The molecule has 2 aromatic rings. The fourth-order valence-corrected chi connectivity index (χ4v) is 4.42. The third-order valence-corrected chi connectivity index (χ3v) is 6.52. The lowest BCUT2D eigenvalue weighted by Crippen LogP contribution is -2.55. The maximum absolute atomic E-state index is 13.0. The SMILES string of the molecule is CC(C)CN(CCC(=O)N1CCN(C(=O)c2ccc(Cl)cc2)C(C)C1)C(=O)Nc1ccc(C(F)(F)F)cc1. The fraction of sp³-hybridized carbons (Fsp3) is 0.444. The molecule has 1 N–H and O–H groups in total. The van der Waals surface area contributed by atoms with E-state index in [1.807, 2.05) is 20.8 Å². The minimum Gasteiger partial charge on any atom is -0.339 e. The van der Waals surface area contributed by atoms with Crippen LogP contribution >= 0.6 is 11.6 Å². The number of rotatable bonds is 7. The van der Waals surface area contributed by atoms with Crippen LogP contribution in [0.5, 0.6) is 0 Å². The number of anilines is 1. The van der Waals surface area contributed by atoms with Crippen LogP contribution in [0.2, 0.25) is 5.02 Å². The van der Waals surface area contributed by atoms with E-state index in [9.17, 15) is 27.6 Å². The monoisotopic (exact) mass is 552 g/mol. The molecule has 1 aliphatic rings. The van der Waals surface area contributed by atoms with Gasteiger partial charge < -0.3 is 20.0 Å². The van der Waals surface area contributed by atoms with Gasteiger partial charge in [0.15, 0.2) is 0 Å². The van der Waals surface area contributed by atoms with E-state index in [0.717, 1.165) is 12.1 Å². The van der Waals surface area contributed by atoms with Crippen molar-refractivity contribution >= 4 is 35.1 Å². The molecule has 1 atom stereocenters. The van der Waals surface area contributed by atoms with Gasteiger partial charge >= 0.3 is 12.2 Å². The highest BCUT2D eigenvalue weighted by atomic mass is 35.5. The summed E-state index contributed by atoms with van der Waals surface area (Å²) in [4.78, 5) is 43.6. The number of benzene rings is 2. The van der Waals surface area contributed by atoms with E-state index in [1.165, 1.54) is 17.0 Å². The number of hydrogen-bond acceptors (Lipinski definition) is 3. The minimum absolute atomic E-state index is 0.0883. The maximum atomic E-state index is 13.0. The second-order valence-electron chi connectivity index (χ2n) is 9.79. The molecular weight excluding hydrogens is 521 g/mol. The van der Waals surface area contributed by atoms with Crippen LogP contribution in [-0.4, -0.2) is 71.3 Å². The Morgan fingerprint density at radius 3 is 2.24 bits per heavy atom. The van der Waals surface area contributed by atoms with Gasteiger partial charge in [-0.1, -0.05) is 25.4 Å². The van der Waals surface area contributed by atoms with Crippen LogP contribution in [0.1, 0.15) is 43.1 Å². The number of amides is 4. The summed E-state index contributed by atoms with van der Waals surface area (Å²) < 4.78 is 38.4. The van der Waals surface area contributed by atoms with E-state index in [2.05, 4.69) is 5.32 Å². The average Bonchev–Trinajstić information content (AvgIpc) is 2.85. The average molecular weight is 553 g/mol. The molecule has 4 amide bonds. The van der Waals surface area contributed by atoms with Crippen LogP contribution in [0.3, 0.4) is 0 Å². The third kappa shape index (κ3) is 7.86. The third-order valence-electron chi connectivity index (χ3n) is 6.26. The number of halogens is 4. The van der Waals surface area contributed by atoms with Crippen molar-refractivity contribution in [2.24, 2.45) is 5.92 Å². The molecule has 0 aliphatic carbocycles. The molecule has 2 aromatic carbocycles. The highest BCUT2D eigenvalue weighted by Crippen LogP contribution is 2.30. The maximum Gasteiger partial charge on any atom is 0.416 e. The van der Waals surface area contributed by atoms with E-state index >= 15 is 0 Å².